The van der Waals surface area contributed by atoms with Gasteiger partial charge < -0.3 is 0 Å². The largest absolute Gasteiger partial charge is 0.300 e. The van der Waals surface area contributed by atoms with Crippen LogP contribution in [0.4, 0.5) is 0 Å². The number of Topliss-reactive ketones (excluding diaryl/α,β-unsaturated/α-hetero) is 1. The van der Waals surface area contributed by atoms with E-state index in [1.807, 2.05) is 0 Å². The standard InChI is InChI=1S/C14H29NO/c1-7-14(8-2)15(10-11(3)4)12(5)9-13(6)16/h11-12,14H,7-10H2,1-6H3. The van der Waals surface area contributed by atoms with Gasteiger partial charge in [0.15, 0.2) is 0 Å². The van der Waals surface area contributed by atoms with E-state index in [-0.39, 0.29) is 0 Å². The van der Waals surface area contributed by atoms with E-state index < -0.39 is 0 Å². The van der Waals surface area contributed by atoms with E-state index in [1.54, 1.807) is 6.92 Å². The van der Waals surface area contributed by atoms with E-state index in [2.05, 4.69) is 39.5 Å². The normalized spacial score (nSPS) is 13.8. The van der Waals surface area contributed by atoms with E-state index in [4.69, 9.17) is 0 Å². The number of rotatable bonds is 8. The highest BCUT2D eigenvalue weighted by molar-refractivity contribution is 5.76. The molecule has 0 aliphatic rings. The molecule has 0 saturated carbocycles. The molecule has 0 heterocycles. The van der Waals surface area contributed by atoms with Crippen LogP contribution in [0.15, 0.2) is 0 Å². The first-order valence-electron chi connectivity index (χ1n) is 6.67. The van der Waals surface area contributed by atoms with E-state index in [0.29, 0.717) is 30.2 Å². The van der Waals surface area contributed by atoms with E-state index in [1.165, 1.54) is 12.8 Å². The molecule has 1 atom stereocenters. The Hall–Kier alpha value is -0.370. The Morgan fingerprint density at radius 1 is 1.12 bits per heavy atom. The van der Waals surface area contributed by atoms with Gasteiger partial charge in [-0.15, -0.1) is 0 Å². The molecule has 0 radical (unpaired) electrons. The van der Waals surface area contributed by atoms with Gasteiger partial charge in [0, 0.05) is 25.0 Å². The van der Waals surface area contributed by atoms with Crippen LogP contribution in [0.3, 0.4) is 0 Å². The second kappa shape index (κ2) is 7.83. The van der Waals surface area contributed by atoms with Gasteiger partial charge in [0.25, 0.3) is 0 Å². The highest BCUT2D eigenvalue weighted by atomic mass is 16.1. The van der Waals surface area contributed by atoms with Crippen molar-refractivity contribution in [1.82, 2.24) is 4.90 Å². The number of carbonyl (C=O) groups excluding carboxylic acids is 1. The zero-order chi connectivity index (χ0) is 12.7. The molecule has 0 aromatic heterocycles. The van der Waals surface area contributed by atoms with Crippen LogP contribution in [-0.4, -0.2) is 29.3 Å². The minimum Gasteiger partial charge on any atom is -0.300 e. The maximum absolute atomic E-state index is 11.2. The second-order valence-corrected chi connectivity index (χ2v) is 5.32. The summed E-state index contributed by atoms with van der Waals surface area (Å²) >= 11 is 0. The highest BCUT2D eigenvalue weighted by Gasteiger charge is 2.22. The lowest BCUT2D eigenvalue weighted by Crippen LogP contribution is -2.44. The quantitative estimate of drug-likeness (QED) is 0.632. The van der Waals surface area contributed by atoms with Gasteiger partial charge in [0.05, 0.1) is 0 Å². The lowest BCUT2D eigenvalue weighted by atomic mass is 10.0. The molecule has 0 rings (SSSR count). The number of carbonyl (C=O) groups is 1. The van der Waals surface area contributed by atoms with Crippen molar-refractivity contribution in [3.8, 4) is 0 Å². The van der Waals surface area contributed by atoms with Crippen molar-refractivity contribution in [3.63, 3.8) is 0 Å². The molecule has 0 spiro atoms. The zero-order valence-corrected chi connectivity index (χ0v) is 11.9. The van der Waals surface area contributed by atoms with E-state index in [0.717, 1.165) is 6.54 Å². The molecule has 0 amide bonds. The van der Waals surface area contributed by atoms with Crippen molar-refractivity contribution >= 4 is 5.78 Å². The molecule has 16 heavy (non-hydrogen) atoms. The Morgan fingerprint density at radius 3 is 1.94 bits per heavy atom. The van der Waals surface area contributed by atoms with Crippen molar-refractivity contribution in [2.45, 2.75) is 72.9 Å². The molecule has 0 N–H and O–H groups in total. The SMILES string of the molecule is CCC(CC)N(CC(C)C)C(C)CC(C)=O. The summed E-state index contributed by atoms with van der Waals surface area (Å²) in [6.07, 6.45) is 3.03. The van der Waals surface area contributed by atoms with Gasteiger partial charge in [-0.25, -0.2) is 0 Å². The molecule has 1 unspecified atom stereocenters. The van der Waals surface area contributed by atoms with Crippen molar-refractivity contribution < 1.29 is 4.79 Å². The summed E-state index contributed by atoms with van der Waals surface area (Å²) in [6, 6.07) is 1.00. The van der Waals surface area contributed by atoms with Crippen molar-refractivity contribution in [2.75, 3.05) is 6.54 Å². The Morgan fingerprint density at radius 2 is 1.62 bits per heavy atom. The third-order valence-electron chi connectivity index (χ3n) is 3.14. The van der Waals surface area contributed by atoms with Gasteiger partial charge in [0.1, 0.15) is 5.78 Å². The summed E-state index contributed by atoms with van der Waals surface area (Å²) < 4.78 is 0. The number of hydrogen-bond donors (Lipinski definition) is 0. The highest BCUT2D eigenvalue weighted by Crippen LogP contribution is 2.17. The first-order chi connectivity index (χ1) is 7.42. The lowest BCUT2D eigenvalue weighted by molar-refractivity contribution is -0.118. The van der Waals surface area contributed by atoms with Gasteiger partial charge in [-0.3, -0.25) is 9.69 Å². The predicted molar refractivity (Wildman–Crippen MR) is 70.7 cm³/mol. The summed E-state index contributed by atoms with van der Waals surface area (Å²) in [5.74, 6) is 0.960. The Balaban J connectivity index is 4.56. The van der Waals surface area contributed by atoms with Gasteiger partial charge >= 0.3 is 0 Å². The van der Waals surface area contributed by atoms with E-state index in [9.17, 15) is 4.79 Å². The third-order valence-corrected chi connectivity index (χ3v) is 3.14. The first-order valence-corrected chi connectivity index (χ1v) is 6.67. The molecule has 0 saturated heterocycles. The zero-order valence-electron chi connectivity index (χ0n) is 11.9. The molecule has 0 aromatic carbocycles. The molecule has 2 heteroatoms. The van der Waals surface area contributed by atoms with Crippen molar-refractivity contribution in [1.29, 1.82) is 0 Å². The molecule has 0 aromatic rings. The van der Waals surface area contributed by atoms with E-state index >= 15 is 0 Å². The van der Waals surface area contributed by atoms with Gasteiger partial charge in [-0.1, -0.05) is 27.7 Å². The maximum Gasteiger partial charge on any atom is 0.131 e. The summed E-state index contributed by atoms with van der Waals surface area (Å²) in [5.41, 5.74) is 0. The number of nitrogens with zero attached hydrogens (tertiary/aromatic N) is 1. The number of ketones is 1. The second-order valence-electron chi connectivity index (χ2n) is 5.32. The Kier molecular flexibility index (Phi) is 7.65. The van der Waals surface area contributed by atoms with Gasteiger partial charge in [0.2, 0.25) is 0 Å². The first kappa shape index (κ1) is 15.6. The number of hydrogen-bond acceptors (Lipinski definition) is 2. The molecule has 0 bridgehead atoms. The minimum atomic E-state index is 0.298. The summed E-state index contributed by atoms with van der Waals surface area (Å²) in [5, 5.41) is 0. The topological polar surface area (TPSA) is 20.3 Å². The Labute approximate surface area is 101 Å². The van der Waals surface area contributed by atoms with Crippen LogP contribution in [0.25, 0.3) is 0 Å². The fourth-order valence-electron chi connectivity index (χ4n) is 2.40. The summed E-state index contributed by atoms with van der Waals surface area (Å²) in [4.78, 5) is 13.7. The fraction of sp³-hybridized carbons (Fsp3) is 0.929. The summed E-state index contributed by atoms with van der Waals surface area (Å²) in [7, 11) is 0. The van der Waals surface area contributed by atoms with Crippen molar-refractivity contribution in [3.05, 3.63) is 0 Å². The van der Waals surface area contributed by atoms with Crippen LogP contribution in [0.5, 0.6) is 0 Å². The molecule has 96 valence electrons. The maximum atomic E-state index is 11.2. The van der Waals surface area contributed by atoms with Crippen molar-refractivity contribution in [2.24, 2.45) is 5.92 Å². The molecule has 0 aliphatic carbocycles. The van der Waals surface area contributed by atoms with Crippen LogP contribution in [0.2, 0.25) is 0 Å². The third kappa shape index (κ3) is 5.64. The van der Waals surface area contributed by atoms with Crippen LogP contribution in [-0.2, 0) is 4.79 Å². The monoisotopic (exact) mass is 227 g/mol. The molecular weight excluding hydrogens is 198 g/mol. The smallest absolute Gasteiger partial charge is 0.131 e. The molecule has 0 aliphatic heterocycles. The minimum absolute atomic E-state index is 0.298. The molecule has 2 nitrogen and oxygen atoms in total. The van der Waals surface area contributed by atoms with Crippen LogP contribution in [0.1, 0.15) is 60.8 Å². The van der Waals surface area contributed by atoms with Crippen LogP contribution in [0, 0.1) is 5.92 Å². The molecule has 0 fully saturated rings. The average molecular weight is 227 g/mol. The van der Waals surface area contributed by atoms with Crippen LogP contribution < -0.4 is 0 Å². The average Bonchev–Trinajstić information content (AvgIpc) is 2.16. The summed E-state index contributed by atoms with van der Waals surface area (Å²) in [6.45, 7) is 13.9. The van der Waals surface area contributed by atoms with Crippen LogP contribution >= 0.6 is 0 Å². The predicted octanol–water partition coefficient (Wildman–Crippen LogP) is 3.50. The fourth-order valence-corrected chi connectivity index (χ4v) is 2.40. The molecular formula is C14H29NO. The lowest BCUT2D eigenvalue weighted by Gasteiger charge is -2.36. The van der Waals surface area contributed by atoms with Gasteiger partial charge in [-0.2, -0.15) is 0 Å². The van der Waals surface area contributed by atoms with Gasteiger partial charge in [-0.05, 0) is 32.6 Å². The Bertz CT molecular complexity index is 197.